The molecule has 0 aromatic heterocycles. The Balaban J connectivity index is 3.85. The molecule has 0 fully saturated rings. The van der Waals surface area contributed by atoms with Crippen LogP contribution < -0.4 is 5.32 Å². The predicted octanol–water partition coefficient (Wildman–Crippen LogP) is 1.22. The Morgan fingerprint density at radius 1 is 1.26 bits per heavy atom. The number of carboxylic acid groups (broad SMARTS) is 1. The van der Waals surface area contributed by atoms with E-state index in [0.717, 1.165) is 13.0 Å². The van der Waals surface area contributed by atoms with Crippen LogP contribution >= 0.6 is 0 Å². The first-order valence-corrected chi connectivity index (χ1v) is 6.83. The number of nitrogens with one attached hydrogen (secondary N) is 1. The standard InChI is InChI=1S/C13H27N3O3/c1-5-16(10-7-12(17)18)13(19)14-8-6-9-15(4)11(2)3/h11H,5-10H2,1-4H3,(H,14,19)(H,17,18). The highest BCUT2D eigenvalue weighted by Crippen LogP contribution is 1.96. The van der Waals surface area contributed by atoms with Crippen LogP contribution in [0.2, 0.25) is 0 Å². The van der Waals surface area contributed by atoms with Crippen molar-refractivity contribution >= 4 is 12.0 Å². The molecule has 0 rings (SSSR count). The minimum Gasteiger partial charge on any atom is -0.481 e. The number of carbonyl (C=O) groups is 2. The molecule has 2 N–H and O–H groups in total. The highest BCUT2D eigenvalue weighted by Gasteiger charge is 2.12. The van der Waals surface area contributed by atoms with Crippen molar-refractivity contribution in [3.8, 4) is 0 Å². The lowest BCUT2D eigenvalue weighted by molar-refractivity contribution is -0.137. The summed E-state index contributed by atoms with van der Waals surface area (Å²) in [5.74, 6) is -0.884. The fourth-order valence-corrected chi connectivity index (χ4v) is 1.53. The van der Waals surface area contributed by atoms with E-state index in [1.54, 1.807) is 0 Å². The van der Waals surface area contributed by atoms with Crippen LogP contribution in [0.4, 0.5) is 4.79 Å². The molecular formula is C13H27N3O3. The number of amides is 2. The number of aliphatic carboxylic acids is 1. The Bertz CT molecular complexity index is 282. The second kappa shape index (κ2) is 9.61. The Labute approximate surface area is 115 Å². The van der Waals surface area contributed by atoms with Gasteiger partial charge in [-0.25, -0.2) is 4.79 Å². The second-order valence-electron chi connectivity index (χ2n) is 4.88. The van der Waals surface area contributed by atoms with Gasteiger partial charge in [0.15, 0.2) is 0 Å². The van der Waals surface area contributed by atoms with E-state index in [2.05, 4.69) is 31.1 Å². The maximum atomic E-state index is 11.8. The molecule has 0 aliphatic heterocycles. The van der Waals surface area contributed by atoms with Crippen LogP contribution in [0.15, 0.2) is 0 Å². The molecule has 6 heteroatoms. The van der Waals surface area contributed by atoms with E-state index in [-0.39, 0.29) is 19.0 Å². The van der Waals surface area contributed by atoms with Crippen LogP contribution in [0.5, 0.6) is 0 Å². The Morgan fingerprint density at radius 3 is 2.37 bits per heavy atom. The van der Waals surface area contributed by atoms with Gasteiger partial charge in [-0.2, -0.15) is 0 Å². The monoisotopic (exact) mass is 273 g/mol. The van der Waals surface area contributed by atoms with Crippen molar-refractivity contribution in [1.82, 2.24) is 15.1 Å². The average molecular weight is 273 g/mol. The SMILES string of the molecule is CCN(CCC(=O)O)C(=O)NCCCN(C)C(C)C. The van der Waals surface area contributed by atoms with Crippen LogP contribution in [0.3, 0.4) is 0 Å². The first-order valence-electron chi connectivity index (χ1n) is 6.83. The highest BCUT2D eigenvalue weighted by molar-refractivity contribution is 5.75. The van der Waals surface area contributed by atoms with Gasteiger partial charge in [0.1, 0.15) is 0 Å². The van der Waals surface area contributed by atoms with E-state index in [4.69, 9.17) is 5.11 Å². The number of hydrogen-bond donors (Lipinski definition) is 2. The summed E-state index contributed by atoms with van der Waals surface area (Å²) in [5.41, 5.74) is 0. The molecule has 0 saturated carbocycles. The molecule has 0 aliphatic carbocycles. The van der Waals surface area contributed by atoms with Crippen LogP contribution in [-0.4, -0.2) is 66.2 Å². The summed E-state index contributed by atoms with van der Waals surface area (Å²) < 4.78 is 0. The fraction of sp³-hybridized carbons (Fsp3) is 0.846. The molecule has 0 radical (unpaired) electrons. The van der Waals surface area contributed by atoms with E-state index in [1.165, 1.54) is 4.90 Å². The van der Waals surface area contributed by atoms with Gasteiger partial charge < -0.3 is 20.2 Å². The maximum absolute atomic E-state index is 11.8. The van der Waals surface area contributed by atoms with Gasteiger partial charge in [-0.15, -0.1) is 0 Å². The third kappa shape index (κ3) is 8.42. The summed E-state index contributed by atoms with van der Waals surface area (Å²) in [6, 6.07) is 0.314. The lowest BCUT2D eigenvalue weighted by Gasteiger charge is -2.22. The van der Waals surface area contributed by atoms with Crippen molar-refractivity contribution in [1.29, 1.82) is 0 Å². The Kier molecular flexibility index (Phi) is 8.95. The van der Waals surface area contributed by atoms with Gasteiger partial charge in [-0.1, -0.05) is 0 Å². The van der Waals surface area contributed by atoms with Crippen LogP contribution in [0.1, 0.15) is 33.6 Å². The summed E-state index contributed by atoms with van der Waals surface area (Å²) in [4.78, 5) is 26.0. The molecule has 0 spiro atoms. The zero-order chi connectivity index (χ0) is 14.8. The third-order valence-electron chi connectivity index (χ3n) is 3.11. The number of nitrogens with zero attached hydrogens (tertiary/aromatic N) is 2. The largest absolute Gasteiger partial charge is 0.481 e. The smallest absolute Gasteiger partial charge is 0.317 e. The molecule has 19 heavy (non-hydrogen) atoms. The summed E-state index contributed by atoms with van der Waals surface area (Å²) in [6.07, 6.45) is 0.869. The first kappa shape index (κ1) is 17.7. The van der Waals surface area contributed by atoms with Gasteiger partial charge in [0.2, 0.25) is 0 Å². The number of carboxylic acids is 1. The lowest BCUT2D eigenvalue weighted by Crippen LogP contribution is -2.42. The van der Waals surface area contributed by atoms with Crippen LogP contribution in [-0.2, 0) is 4.79 Å². The molecule has 0 aromatic rings. The summed E-state index contributed by atoms with van der Waals surface area (Å²) in [5, 5.41) is 11.4. The lowest BCUT2D eigenvalue weighted by atomic mass is 10.3. The molecule has 0 aliphatic rings. The van der Waals surface area contributed by atoms with Gasteiger partial charge in [-0.3, -0.25) is 4.79 Å². The summed E-state index contributed by atoms with van der Waals surface area (Å²) >= 11 is 0. The van der Waals surface area contributed by atoms with E-state index in [0.29, 0.717) is 19.1 Å². The van der Waals surface area contributed by atoms with Crippen LogP contribution in [0.25, 0.3) is 0 Å². The highest BCUT2D eigenvalue weighted by atomic mass is 16.4. The van der Waals surface area contributed by atoms with Gasteiger partial charge in [0, 0.05) is 25.7 Å². The summed E-state index contributed by atoms with van der Waals surface area (Å²) in [6.45, 7) is 8.41. The quantitative estimate of drug-likeness (QED) is 0.620. The third-order valence-corrected chi connectivity index (χ3v) is 3.11. The van der Waals surface area contributed by atoms with Gasteiger partial charge in [-0.05, 0) is 40.8 Å². The zero-order valence-electron chi connectivity index (χ0n) is 12.5. The Hall–Kier alpha value is -1.30. The van der Waals surface area contributed by atoms with Crippen molar-refractivity contribution in [3.63, 3.8) is 0 Å². The van der Waals surface area contributed by atoms with E-state index < -0.39 is 5.97 Å². The first-order chi connectivity index (χ1) is 8.88. The maximum Gasteiger partial charge on any atom is 0.317 e. The number of urea groups is 1. The summed E-state index contributed by atoms with van der Waals surface area (Å²) in [7, 11) is 2.05. The zero-order valence-corrected chi connectivity index (χ0v) is 12.5. The van der Waals surface area contributed by atoms with E-state index >= 15 is 0 Å². The molecule has 0 saturated heterocycles. The van der Waals surface area contributed by atoms with Crippen molar-refractivity contribution in [2.45, 2.75) is 39.7 Å². The number of carbonyl (C=O) groups excluding carboxylic acids is 1. The fourth-order valence-electron chi connectivity index (χ4n) is 1.53. The van der Waals surface area contributed by atoms with E-state index in [1.807, 2.05) is 6.92 Å². The number of hydrogen-bond acceptors (Lipinski definition) is 3. The van der Waals surface area contributed by atoms with Crippen molar-refractivity contribution in [3.05, 3.63) is 0 Å². The predicted molar refractivity (Wildman–Crippen MR) is 75.3 cm³/mol. The topological polar surface area (TPSA) is 72.9 Å². The van der Waals surface area contributed by atoms with Crippen LogP contribution in [0, 0.1) is 0 Å². The van der Waals surface area contributed by atoms with Gasteiger partial charge in [0.05, 0.1) is 6.42 Å². The van der Waals surface area contributed by atoms with E-state index in [9.17, 15) is 9.59 Å². The molecule has 6 nitrogen and oxygen atoms in total. The minimum absolute atomic E-state index is 0.0165. The molecule has 0 aromatic carbocycles. The normalized spacial score (nSPS) is 10.8. The average Bonchev–Trinajstić information content (AvgIpc) is 2.34. The Morgan fingerprint density at radius 2 is 1.89 bits per heavy atom. The molecule has 112 valence electrons. The van der Waals surface area contributed by atoms with Gasteiger partial charge >= 0.3 is 12.0 Å². The molecule has 2 amide bonds. The molecule has 0 bridgehead atoms. The molecule has 0 atom stereocenters. The molecular weight excluding hydrogens is 246 g/mol. The minimum atomic E-state index is -0.884. The molecule has 0 heterocycles. The van der Waals surface area contributed by atoms with Crippen molar-refractivity contribution in [2.75, 3.05) is 33.2 Å². The molecule has 0 unspecified atom stereocenters. The van der Waals surface area contributed by atoms with Gasteiger partial charge in [0.25, 0.3) is 0 Å². The second-order valence-corrected chi connectivity index (χ2v) is 4.88. The van der Waals surface area contributed by atoms with Crippen molar-refractivity contribution in [2.24, 2.45) is 0 Å². The van der Waals surface area contributed by atoms with Crippen molar-refractivity contribution < 1.29 is 14.7 Å². The number of rotatable bonds is 9.